The summed E-state index contributed by atoms with van der Waals surface area (Å²) in [5, 5.41) is 0. The Morgan fingerprint density at radius 2 is 1.88 bits per heavy atom. The molecule has 92 valence electrons. The highest BCUT2D eigenvalue weighted by molar-refractivity contribution is 5.84. The van der Waals surface area contributed by atoms with Gasteiger partial charge in [-0.3, -0.25) is 9.59 Å². The van der Waals surface area contributed by atoms with Crippen LogP contribution < -0.4 is 0 Å². The molecule has 0 radical (unpaired) electrons. The van der Waals surface area contributed by atoms with Crippen LogP contribution in [-0.2, 0) is 14.3 Å². The van der Waals surface area contributed by atoms with Gasteiger partial charge in [0.2, 0.25) is 0 Å². The predicted molar refractivity (Wildman–Crippen MR) is 62.1 cm³/mol. The number of rotatable bonds is 7. The quantitative estimate of drug-likeness (QED) is 0.495. The highest BCUT2D eigenvalue weighted by Crippen LogP contribution is 2.26. The molecule has 3 heteroatoms. The standard InChI is InChI=1S/C13H22O3/c1-2-3-10-16-13(15)9-8-12(14)11-6-4-5-7-11/h11H,2-10H2,1H3. The van der Waals surface area contributed by atoms with Gasteiger partial charge in [0.1, 0.15) is 5.78 Å². The number of carbonyl (C=O) groups is 2. The van der Waals surface area contributed by atoms with E-state index >= 15 is 0 Å². The first-order valence-corrected chi connectivity index (χ1v) is 6.42. The van der Waals surface area contributed by atoms with Crippen molar-refractivity contribution < 1.29 is 14.3 Å². The fraction of sp³-hybridized carbons (Fsp3) is 0.846. The van der Waals surface area contributed by atoms with E-state index in [0.717, 1.165) is 38.5 Å². The Morgan fingerprint density at radius 1 is 1.19 bits per heavy atom. The molecule has 0 heterocycles. The molecular weight excluding hydrogens is 204 g/mol. The van der Waals surface area contributed by atoms with Crippen molar-refractivity contribution >= 4 is 11.8 Å². The van der Waals surface area contributed by atoms with Crippen LogP contribution in [0, 0.1) is 5.92 Å². The van der Waals surface area contributed by atoms with Crippen LogP contribution in [0.25, 0.3) is 0 Å². The molecule has 0 bridgehead atoms. The zero-order valence-corrected chi connectivity index (χ0v) is 10.2. The summed E-state index contributed by atoms with van der Waals surface area (Å²) in [4.78, 5) is 22.9. The van der Waals surface area contributed by atoms with E-state index in [1.54, 1.807) is 0 Å². The van der Waals surface area contributed by atoms with Crippen LogP contribution >= 0.6 is 0 Å². The van der Waals surface area contributed by atoms with Gasteiger partial charge in [0.25, 0.3) is 0 Å². The number of esters is 1. The molecule has 16 heavy (non-hydrogen) atoms. The molecule has 0 aromatic carbocycles. The summed E-state index contributed by atoms with van der Waals surface area (Å²) in [5.41, 5.74) is 0. The zero-order chi connectivity index (χ0) is 11.8. The van der Waals surface area contributed by atoms with Crippen molar-refractivity contribution in [2.75, 3.05) is 6.61 Å². The highest BCUT2D eigenvalue weighted by Gasteiger charge is 2.22. The Kier molecular flexibility index (Phi) is 6.12. The SMILES string of the molecule is CCCCOC(=O)CCC(=O)C1CCCC1. The van der Waals surface area contributed by atoms with Crippen LogP contribution in [0.2, 0.25) is 0 Å². The Labute approximate surface area is 97.5 Å². The number of ketones is 1. The summed E-state index contributed by atoms with van der Waals surface area (Å²) < 4.78 is 5.00. The van der Waals surface area contributed by atoms with Crippen molar-refractivity contribution in [2.45, 2.75) is 58.3 Å². The molecule has 0 amide bonds. The molecule has 1 aliphatic carbocycles. The van der Waals surface area contributed by atoms with Crippen molar-refractivity contribution in [1.82, 2.24) is 0 Å². The lowest BCUT2D eigenvalue weighted by Gasteiger charge is -2.07. The largest absolute Gasteiger partial charge is 0.466 e. The Balaban J connectivity index is 2.08. The van der Waals surface area contributed by atoms with E-state index < -0.39 is 0 Å². The molecule has 0 aromatic rings. The van der Waals surface area contributed by atoms with E-state index in [4.69, 9.17) is 4.74 Å². The fourth-order valence-electron chi connectivity index (χ4n) is 2.08. The molecule has 0 atom stereocenters. The molecule has 1 aliphatic rings. The maximum absolute atomic E-state index is 11.7. The highest BCUT2D eigenvalue weighted by atomic mass is 16.5. The van der Waals surface area contributed by atoms with Crippen molar-refractivity contribution in [3.63, 3.8) is 0 Å². The zero-order valence-electron chi connectivity index (χ0n) is 10.2. The monoisotopic (exact) mass is 226 g/mol. The molecule has 0 saturated heterocycles. The summed E-state index contributed by atoms with van der Waals surface area (Å²) in [7, 11) is 0. The molecule has 1 saturated carbocycles. The Bertz CT molecular complexity index is 229. The summed E-state index contributed by atoms with van der Waals surface area (Å²) in [6.45, 7) is 2.55. The number of ether oxygens (including phenoxy) is 1. The van der Waals surface area contributed by atoms with Gasteiger partial charge in [0, 0.05) is 12.3 Å². The third-order valence-corrected chi connectivity index (χ3v) is 3.15. The summed E-state index contributed by atoms with van der Waals surface area (Å²) in [6.07, 6.45) is 6.92. The maximum atomic E-state index is 11.7. The van der Waals surface area contributed by atoms with E-state index in [2.05, 4.69) is 6.92 Å². The number of Topliss-reactive ketones (excluding diaryl/α,β-unsaturated/α-hetero) is 1. The summed E-state index contributed by atoms with van der Waals surface area (Å²) in [5.74, 6) is 0.258. The lowest BCUT2D eigenvalue weighted by Crippen LogP contribution is -2.14. The minimum atomic E-state index is -0.222. The van der Waals surface area contributed by atoms with Crippen molar-refractivity contribution in [3.8, 4) is 0 Å². The van der Waals surface area contributed by atoms with E-state index in [0.29, 0.717) is 13.0 Å². The first-order valence-electron chi connectivity index (χ1n) is 6.42. The first kappa shape index (κ1) is 13.2. The molecular formula is C13H22O3. The average molecular weight is 226 g/mol. The van der Waals surface area contributed by atoms with Crippen LogP contribution in [0.15, 0.2) is 0 Å². The van der Waals surface area contributed by atoms with E-state index in [-0.39, 0.29) is 24.1 Å². The van der Waals surface area contributed by atoms with Crippen LogP contribution in [0.1, 0.15) is 58.3 Å². The Hall–Kier alpha value is -0.860. The van der Waals surface area contributed by atoms with Gasteiger partial charge in [0.05, 0.1) is 13.0 Å². The second-order valence-corrected chi connectivity index (χ2v) is 4.52. The van der Waals surface area contributed by atoms with Crippen LogP contribution in [0.3, 0.4) is 0 Å². The Morgan fingerprint density at radius 3 is 2.50 bits per heavy atom. The van der Waals surface area contributed by atoms with Gasteiger partial charge in [-0.05, 0) is 19.3 Å². The first-order chi connectivity index (χ1) is 7.74. The van der Waals surface area contributed by atoms with Crippen molar-refractivity contribution in [1.29, 1.82) is 0 Å². The molecule has 0 unspecified atom stereocenters. The van der Waals surface area contributed by atoms with Crippen LogP contribution in [0.4, 0.5) is 0 Å². The molecule has 0 aliphatic heterocycles. The molecule has 0 aromatic heterocycles. The van der Waals surface area contributed by atoms with Gasteiger partial charge in [-0.2, -0.15) is 0 Å². The third kappa shape index (κ3) is 4.77. The van der Waals surface area contributed by atoms with E-state index in [1.165, 1.54) is 0 Å². The minimum Gasteiger partial charge on any atom is -0.466 e. The smallest absolute Gasteiger partial charge is 0.306 e. The molecule has 3 nitrogen and oxygen atoms in total. The second-order valence-electron chi connectivity index (χ2n) is 4.52. The number of unbranched alkanes of at least 4 members (excludes halogenated alkanes) is 1. The number of carbonyl (C=O) groups excluding carboxylic acids is 2. The predicted octanol–water partition coefficient (Wildman–Crippen LogP) is 2.87. The van der Waals surface area contributed by atoms with Crippen molar-refractivity contribution in [2.24, 2.45) is 5.92 Å². The molecule has 0 spiro atoms. The molecule has 1 rings (SSSR count). The third-order valence-electron chi connectivity index (χ3n) is 3.15. The van der Waals surface area contributed by atoms with Gasteiger partial charge in [0.15, 0.2) is 0 Å². The van der Waals surface area contributed by atoms with Gasteiger partial charge < -0.3 is 4.74 Å². The fourth-order valence-corrected chi connectivity index (χ4v) is 2.08. The lowest BCUT2D eigenvalue weighted by atomic mass is 9.99. The second kappa shape index (κ2) is 7.42. The average Bonchev–Trinajstić information content (AvgIpc) is 2.79. The van der Waals surface area contributed by atoms with Gasteiger partial charge in [-0.15, -0.1) is 0 Å². The van der Waals surface area contributed by atoms with Gasteiger partial charge in [-0.1, -0.05) is 26.2 Å². The molecule has 0 N–H and O–H groups in total. The van der Waals surface area contributed by atoms with E-state index in [9.17, 15) is 9.59 Å². The molecule has 1 fully saturated rings. The normalized spacial score (nSPS) is 16.3. The topological polar surface area (TPSA) is 43.4 Å². The summed E-state index contributed by atoms with van der Waals surface area (Å²) >= 11 is 0. The van der Waals surface area contributed by atoms with E-state index in [1.807, 2.05) is 0 Å². The van der Waals surface area contributed by atoms with Crippen LogP contribution in [-0.4, -0.2) is 18.4 Å². The number of hydrogen-bond donors (Lipinski definition) is 0. The van der Waals surface area contributed by atoms with Crippen molar-refractivity contribution in [3.05, 3.63) is 0 Å². The lowest BCUT2D eigenvalue weighted by molar-refractivity contribution is -0.145. The summed E-state index contributed by atoms with van der Waals surface area (Å²) in [6, 6.07) is 0. The number of hydrogen-bond acceptors (Lipinski definition) is 3. The minimum absolute atomic E-state index is 0.222. The van der Waals surface area contributed by atoms with Gasteiger partial charge in [-0.25, -0.2) is 0 Å². The van der Waals surface area contributed by atoms with Crippen LogP contribution in [0.5, 0.6) is 0 Å². The maximum Gasteiger partial charge on any atom is 0.306 e. The van der Waals surface area contributed by atoms with Gasteiger partial charge >= 0.3 is 5.97 Å².